The van der Waals surface area contributed by atoms with Gasteiger partial charge in [0.25, 0.3) is 0 Å². The molecule has 2 saturated heterocycles. The molecule has 1 aromatic rings. The van der Waals surface area contributed by atoms with Crippen LogP contribution in [0.1, 0.15) is 52.4 Å². The fourth-order valence-electron chi connectivity index (χ4n) is 7.81. The Morgan fingerprint density at radius 1 is 0.969 bits per heavy atom. The summed E-state index contributed by atoms with van der Waals surface area (Å²) in [6, 6.07) is 7.80. The van der Waals surface area contributed by atoms with E-state index >= 15 is 0 Å². The van der Waals surface area contributed by atoms with Crippen molar-refractivity contribution in [3.63, 3.8) is 0 Å². The maximum Gasteiger partial charge on any atom is 0.240 e. The minimum Gasteiger partial charge on any atom is -0.291 e. The molecule has 4 saturated carbocycles. The summed E-state index contributed by atoms with van der Waals surface area (Å²) in [6.45, 7) is 6.32. The van der Waals surface area contributed by atoms with Crippen LogP contribution in [0.5, 0.6) is 0 Å². The number of aliphatic imine (C=N–C) groups is 1. The lowest BCUT2D eigenvalue weighted by atomic mass is 9.53. The number of halogens is 1. The molecule has 0 aromatic heterocycles. The van der Waals surface area contributed by atoms with E-state index < -0.39 is 5.41 Å². The van der Waals surface area contributed by atoms with Crippen LogP contribution in [0.4, 0.5) is 5.69 Å². The summed E-state index contributed by atoms with van der Waals surface area (Å²) in [6.07, 6.45) is 7.86. The predicted octanol–water partition coefficient (Wildman–Crippen LogP) is 5.50. The number of benzene rings is 1. The molecule has 0 N–H and O–H groups in total. The standard InChI is InChI=1S/C26H34ClN3OS/c1-25(2)22(29-7-9-32-10-8-29)23(30(24(25)31)21-5-3-20(27)4-6-21)28-26-14-17-11-18(15-26)13-19(12-17)16-26/h3-6,17-19,22H,7-16H2,1-2H3/t17?,18?,19?,22-,26?/m0/s1. The smallest absolute Gasteiger partial charge is 0.240 e. The second-order valence-electron chi connectivity index (χ2n) is 11.5. The van der Waals surface area contributed by atoms with Gasteiger partial charge in [-0.15, -0.1) is 0 Å². The number of anilines is 1. The zero-order valence-electron chi connectivity index (χ0n) is 19.2. The monoisotopic (exact) mass is 471 g/mol. The number of amides is 1. The third-order valence-corrected chi connectivity index (χ3v) is 9.96. The molecular weight excluding hydrogens is 438 g/mol. The van der Waals surface area contributed by atoms with Gasteiger partial charge in [-0.2, -0.15) is 11.8 Å². The van der Waals surface area contributed by atoms with Crippen LogP contribution >= 0.6 is 23.4 Å². The number of nitrogens with zero attached hydrogens (tertiary/aromatic N) is 3. The molecule has 2 aliphatic heterocycles. The number of thioether (sulfide) groups is 1. The van der Waals surface area contributed by atoms with E-state index in [1.807, 2.05) is 40.9 Å². The highest BCUT2D eigenvalue weighted by molar-refractivity contribution is 7.99. The number of carbonyl (C=O) groups excluding carboxylic acids is 1. The van der Waals surface area contributed by atoms with Crippen LogP contribution in [-0.4, -0.2) is 52.8 Å². The van der Waals surface area contributed by atoms with Gasteiger partial charge < -0.3 is 0 Å². The van der Waals surface area contributed by atoms with Crippen LogP contribution in [0.25, 0.3) is 0 Å². The second kappa shape index (κ2) is 7.74. The Bertz CT molecular complexity index is 902. The van der Waals surface area contributed by atoms with Gasteiger partial charge in [-0.1, -0.05) is 11.6 Å². The normalized spacial score (nSPS) is 39.9. The summed E-state index contributed by atoms with van der Waals surface area (Å²) in [7, 11) is 0. The lowest BCUT2D eigenvalue weighted by Gasteiger charge is -2.55. The van der Waals surface area contributed by atoms with E-state index in [-0.39, 0.29) is 17.5 Å². The Kier molecular flexibility index (Phi) is 5.20. The van der Waals surface area contributed by atoms with Crippen molar-refractivity contribution in [2.75, 3.05) is 29.5 Å². The van der Waals surface area contributed by atoms with Crippen molar-refractivity contribution in [2.45, 2.75) is 64.0 Å². The van der Waals surface area contributed by atoms with Gasteiger partial charge in [-0.05, 0) is 94.4 Å². The van der Waals surface area contributed by atoms with Crippen LogP contribution in [-0.2, 0) is 4.79 Å². The first-order chi connectivity index (χ1) is 15.3. The van der Waals surface area contributed by atoms with Crippen molar-refractivity contribution in [3.05, 3.63) is 29.3 Å². The molecule has 4 bridgehead atoms. The highest BCUT2D eigenvalue weighted by atomic mass is 35.5. The topological polar surface area (TPSA) is 35.9 Å². The van der Waals surface area contributed by atoms with E-state index in [1.54, 1.807) is 0 Å². The highest BCUT2D eigenvalue weighted by Crippen LogP contribution is 2.58. The van der Waals surface area contributed by atoms with Gasteiger partial charge in [0.05, 0.1) is 22.7 Å². The van der Waals surface area contributed by atoms with Crippen molar-refractivity contribution in [1.82, 2.24) is 4.90 Å². The van der Waals surface area contributed by atoms with Gasteiger partial charge >= 0.3 is 0 Å². The lowest BCUT2D eigenvalue weighted by Crippen LogP contribution is -2.54. The minimum absolute atomic E-state index is 0.0399. The van der Waals surface area contributed by atoms with E-state index in [2.05, 4.69) is 18.7 Å². The first-order valence-corrected chi connectivity index (χ1v) is 13.9. The molecule has 172 valence electrons. The van der Waals surface area contributed by atoms with Gasteiger partial charge in [0.15, 0.2) is 0 Å². The van der Waals surface area contributed by atoms with Crippen molar-refractivity contribution in [1.29, 1.82) is 0 Å². The fraction of sp³-hybridized carbons (Fsp3) is 0.692. The van der Waals surface area contributed by atoms with Crippen LogP contribution in [0.2, 0.25) is 5.02 Å². The van der Waals surface area contributed by atoms with Gasteiger partial charge in [-0.3, -0.25) is 19.6 Å². The molecule has 6 aliphatic rings. The largest absolute Gasteiger partial charge is 0.291 e. The molecule has 1 aromatic carbocycles. The number of carbonyl (C=O) groups is 1. The third kappa shape index (κ3) is 3.45. The first-order valence-electron chi connectivity index (χ1n) is 12.4. The number of rotatable bonds is 3. The van der Waals surface area contributed by atoms with Gasteiger partial charge in [-0.25, -0.2) is 0 Å². The molecule has 1 atom stereocenters. The summed E-state index contributed by atoms with van der Waals surface area (Å²) in [5, 5.41) is 0.698. The Balaban J connectivity index is 1.47. The molecule has 4 nitrogen and oxygen atoms in total. The summed E-state index contributed by atoms with van der Waals surface area (Å²) in [4.78, 5) is 24.1. The molecule has 0 radical (unpaired) electrons. The molecule has 6 fully saturated rings. The molecule has 32 heavy (non-hydrogen) atoms. The molecule has 2 heterocycles. The third-order valence-electron chi connectivity index (χ3n) is 8.76. The zero-order valence-corrected chi connectivity index (χ0v) is 20.8. The Morgan fingerprint density at radius 2 is 1.53 bits per heavy atom. The summed E-state index contributed by atoms with van der Waals surface area (Å²) in [5.74, 6) is 5.96. The highest BCUT2D eigenvalue weighted by Gasteiger charge is 2.57. The second-order valence-corrected chi connectivity index (χ2v) is 13.2. The minimum atomic E-state index is -0.497. The lowest BCUT2D eigenvalue weighted by molar-refractivity contribution is -0.125. The quantitative estimate of drug-likeness (QED) is 0.584. The molecule has 4 aliphatic carbocycles. The van der Waals surface area contributed by atoms with E-state index in [0.717, 1.165) is 53.9 Å². The van der Waals surface area contributed by atoms with Gasteiger partial charge in [0.2, 0.25) is 5.91 Å². The fourth-order valence-corrected chi connectivity index (χ4v) is 8.86. The zero-order chi connectivity index (χ0) is 22.1. The Hall–Kier alpha value is -1.04. The molecule has 1 amide bonds. The van der Waals surface area contributed by atoms with Crippen LogP contribution in [0.15, 0.2) is 29.3 Å². The van der Waals surface area contributed by atoms with E-state index in [0.29, 0.717) is 5.02 Å². The Morgan fingerprint density at radius 3 is 2.09 bits per heavy atom. The summed E-state index contributed by atoms with van der Waals surface area (Å²) in [5.41, 5.74) is 0.450. The predicted molar refractivity (Wildman–Crippen MR) is 134 cm³/mol. The Labute approximate surface area is 201 Å². The van der Waals surface area contributed by atoms with Crippen molar-refractivity contribution in [2.24, 2.45) is 28.2 Å². The molecule has 0 unspecified atom stereocenters. The maximum absolute atomic E-state index is 13.9. The molecule has 6 heteroatoms. The summed E-state index contributed by atoms with van der Waals surface area (Å²) >= 11 is 8.22. The van der Waals surface area contributed by atoms with Crippen molar-refractivity contribution < 1.29 is 4.79 Å². The van der Waals surface area contributed by atoms with Crippen molar-refractivity contribution >= 4 is 40.8 Å². The molecular formula is C26H34ClN3OS. The SMILES string of the molecule is CC1(C)C(=O)N(c2ccc(Cl)cc2)C(=NC23CC4CC(CC(C4)C2)C3)[C@@H]1N1CCSCC1. The van der Waals surface area contributed by atoms with Crippen LogP contribution < -0.4 is 4.90 Å². The average Bonchev–Trinajstić information content (AvgIpc) is 2.93. The van der Waals surface area contributed by atoms with E-state index in [4.69, 9.17) is 16.6 Å². The molecule has 7 rings (SSSR count). The van der Waals surface area contributed by atoms with Crippen LogP contribution in [0, 0.1) is 23.2 Å². The van der Waals surface area contributed by atoms with Crippen molar-refractivity contribution in [3.8, 4) is 0 Å². The maximum atomic E-state index is 13.9. The first kappa shape index (κ1) is 21.5. The van der Waals surface area contributed by atoms with E-state index in [1.165, 1.54) is 38.5 Å². The number of hydrogen-bond acceptors (Lipinski definition) is 4. The van der Waals surface area contributed by atoms with Gasteiger partial charge in [0, 0.05) is 29.6 Å². The van der Waals surface area contributed by atoms with Gasteiger partial charge in [0.1, 0.15) is 5.84 Å². The number of amidine groups is 1. The van der Waals surface area contributed by atoms with Crippen LogP contribution in [0.3, 0.4) is 0 Å². The number of hydrogen-bond donors (Lipinski definition) is 0. The average molecular weight is 472 g/mol. The summed E-state index contributed by atoms with van der Waals surface area (Å²) < 4.78 is 0. The molecule has 0 spiro atoms. The van der Waals surface area contributed by atoms with E-state index in [9.17, 15) is 4.79 Å².